The number of ether oxygens (including phenoxy) is 1. The molecule has 2 saturated heterocycles. The SMILES string of the molecule is C=C(OC(C)(C)C)N1CCN(c2ccc(NC(=O)[C@H]3CCCN3C(C)=O)cc2F)CC1. The molecule has 0 unspecified atom stereocenters. The Labute approximate surface area is 183 Å². The van der Waals surface area contributed by atoms with Crippen LogP contribution in [0.4, 0.5) is 15.8 Å². The van der Waals surface area contributed by atoms with Gasteiger partial charge in [0.25, 0.3) is 0 Å². The van der Waals surface area contributed by atoms with Gasteiger partial charge < -0.3 is 24.8 Å². The lowest BCUT2D eigenvalue weighted by Crippen LogP contribution is -2.47. The van der Waals surface area contributed by atoms with Crippen LogP contribution in [0.25, 0.3) is 0 Å². The van der Waals surface area contributed by atoms with Crippen LogP contribution in [0.3, 0.4) is 0 Å². The number of nitrogens with one attached hydrogen (secondary N) is 1. The number of benzene rings is 1. The summed E-state index contributed by atoms with van der Waals surface area (Å²) in [5, 5.41) is 2.76. The Morgan fingerprint density at radius 1 is 1.16 bits per heavy atom. The number of anilines is 2. The van der Waals surface area contributed by atoms with Gasteiger partial charge in [0, 0.05) is 45.3 Å². The van der Waals surface area contributed by atoms with Gasteiger partial charge in [0.1, 0.15) is 17.5 Å². The van der Waals surface area contributed by atoms with Crippen molar-refractivity contribution in [3.8, 4) is 0 Å². The summed E-state index contributed by atoms with van der Waals surface area (Å²) < 4.78 is 20.7. The van der Waals surface area contributed by atoms with Crippen molar-refractivity contribution in [2.24, 2.45) is 0 Å². The van der Waals surface area contributed by atoms with Gasteiger partial charge in [-0.25, -0.2) is 4.39 Å². The van der Waals surface area contributed by atoms with E-state index >= 15 is 0 Å². The molecule has 2 fully saturated rings. The van der Waals surface area contributed by atoms with Crippen LogP contribution in [0.5, 0.6) is 0 Å². The van der Waals surface area contributed by atoms with Gasteiger partial charge in [-0.2, -0.15) is 0 Å². The van der Waals surface area contributed by atoms with Crippen molar-refractivity contribution in [3.05, 3.63) is 36.5 Å². The Morgan fingerprint density at radius 3 is 2.42 bits per heavy atom. The van der Waals surface area contributed by atoms with Crippen LogP contribution in [-0.2, 0) is 14.3 Å². The van der Waals surface area contributed by atoms with Crippen molar-refractivity contribution in [2.45, 2.75) is 52.2 Å². The van der Waals surface area contributed by atoms with Crippen LogP contribution in [0.15, 0.2) is 30.7 Å². The highest BCUT2D eigenvalue weighted by Crippen LogP contribution is 2.26. The smallest absolute Gasteiger partial charge is 0.247 e. The number of rotatable bonds is 5. The monoisotopic (exact) mass is 432 g/mol. The van der Waals surface area contributed by atoms with Crippen LogP contribution in [0, 0.1) is 5.82 Å². The minimum absolute atomic E-state index is 0.117. The minimum Gasteiger partial charge on any atom is -0.474 e. The van der Waals surface area contributed by atoms with E-state index in [2.05, 4.69) is 16.8 Å². The van der Waals surface area contributed by atoms with Crippen molar-refractivity contribution in [1.82, 2.24) is 9.80 Å². The molecule has 1 aromatic carbocycles. The van der Waals surface area contributed by atoms with Crippen LogP contribution in [0.2, 0.25) is 0 Å². The second-order valence-electron chi connectivity index (χ2n) is 9.11. The number of hydrogen-bond acceptors (Lipinski definition) is 5. The van der Waals surface area contributed by atoms with E-state index in [-0.39, 0.29) is 23.2 Å². The fourth-order valence-electron chi connectivity index (χ4n) is 4.10. The summed E-state index contributed by atoms with van der Waals surface area (Å²) in [5.74, 6) is -0.136. The lowest BCUT2D eigenvalue weighted by Gasteiger charge is -2.39. The molecule has 8 heteroatoms. The summed E-state index contributed by atoms with van der Waals surface area (Å²) in [6.07, 6.45) is 1.42. The lowest BCUT2D eigenvalue weighted by atomic mass is 10.2. The molecule has 0 radical (unpaired) electrons. The molecule has 2 aliphatic heterocycles. The number of hydrogen-bond donors (Lipinski definition) is 1. The highest BCUT2D eigenvalue weighted by atomic mass is 19.1. The number of carbonyl (C=O) groups excluding carboxylic acids is 2. The van der Waals surface area contributed by atoms with Crippen LogP contribution >= 0.6 is 0 Å². The molecular formula is C23H33FN4O3. The fraction of sp³-hybridized carbons (Fsp3) is 0.565. The molecule has 2 aliphatic rings. The fourth-order valence-corrected chi connectivity index (χ4v) is 4.10. The van der Waals surface area contributed by atoms with Crippen molar-refractivity contribution in [1.29, 1.82) is 0 Å². The molecular weight excluding hydrogens is 399 g/mol. The van der Waals surface area contributed by atoms with Gasteiger partial charge in [0.15, 0.2) is 5.88 Å². The molecule has 0 saturated carbocycles. The summed E-state index contributed by atoms with van der Waals surface area (Å²) in [6, 6.07) is 4.25. The highest BCUT2D eigenvalue weighted by molar-refractivity contribution is 5.97. The number of halogens is 1. The third kappa shape index (κ3) is 5.68. The Kier molecular flexibility index (Phi) is 6.77. The average molecular weight is 433 g/mol. The zero-order valence-electron chi connectivity index (χ0n) is 18.9. The first-order chi connectivity index (χ1) is 14.5. The topological polar surface area (TPSA) is 65.1 Å². The number of likely N-dealkylation sites (tertiary alicyclic amines) is 1. The highest BCUT2D eigenvalue weighted by Gasteiger charge is 2.32. The molecule has 1 N–H and O–H groups in total. The predicted octanol–water partition coefficient (Wildman–Crippen LogP) is 3.18. The first-order valence-electron chi connectivity index (χ1n) is 10.8. The van der Waals surface area contributed by atoms with Crippen LogP contribution in [-0.4, -0.2) is 66.0 Å². The average Bonchev–Trinajstić information content (AvgIpc) is 3.17. The molecule has 170 valence electrons. The maximum atomic E-state index is 14.8. The number of nitrogens with zero attached hydrogens (tertiary/aromatic N) is 3. The number of amides is 2. The third-order valence-corrected chi connectivity index (χ3v) is 5.57. The summed E-state index contributed by atoms with van der Waals surface area (Å²) in [6.45, 7) is 14.7. The first-order valence-corrected chi connectivity index (χ1v) is 10.8. The molecule has 0 bridgehead atoms. The normalized spacial score (nSPS) is 19.4. The minimum atomic E-state index is -0.489. The molecule has 2 amide bonds. The second-order valence-corrected chi connectivity index (χ2v) is 9.11. The zero-order chi connectivity index (χ0) is 22.8. The standard InChI is InChI=1S/C23H33FN4O3/c1-16(29)28-10-6-7-21(28)22(30)25-18-8-9-20(19(24)15-18)27-13-11-26(12-14-27)17(2)31-23(3,4)5/h8-9,15,21H,2,6-7,10-14H2,1,3-5H3,(H,25,30)/t21-/m1/s1. The van der Waals surface area contributed by atoms with Gasteiger partial charge in [-0.15, -0.1) is 0 Å². The molecule has 3 rings (SSSR count). The number of piperazine rings is 1. The Hall–Kier alpha value is -2.77. The van der Waals surface area contributed by atoms with Gasteiger partial charge in [-0.05, 0) is 58.4 Å². The summed E-state index contributed by atoms with van der Waals surface area (Å²) in [4.78, 5) is 29.9. The van der Waals surface area contributed by atoms with Gasteiger partial charge in [-0.1, -0.05) is 0 Å². The lowest BCUT2D eigenvalue weighted by molar-refractivity contribution is -0.134. The summed E-state index contributed by atoms with van der Waals surface area (Å²) in [7, 11) is 0. The second kappa shape index (κ2) is 9.16. The van der Waals surface area contributed by atoms with Crippen LogP contribution < -0.4 is 10.2 Å². The van der Waals surface area contributed by atoms with Crippen molar-refractivity contribution in [2.75, 3.05) is 42.9 Å². The Morgan fingerprint density at radius 2 is 1.84 bits per heavy atom. The summed E-state index contributed by atoms with van der Waals surface area (Å²) in [5.41, 5.74) is 0.596. The quantitative estimate of drug-likeness (QED) is 0.724. The van der Waals surface area contributed by atoms with Crippen molar-refractivity contribution < 1.29 is 18.7 Å². The first kappa shape index (κ1) is 22.9. The van der Waals surface area contributed by atoms with E-state index in [0.717, 1.165) is 6.42 Å². The maximum absolute atomic E-state index is 14.8. The molecule has 0 aliphatic carbocycles. The van der Waals surface area contributed by atoms with Gasteiger partial charge >= 0.3 is 0 Å². The maximum Gasteiger partial charge on any atom is 0.247 e. The van der Waals surface area contributed by atoms with E-state index in [1.165, 1.54) is 13.0 Å². The van der Waals surface area contributed by atoms with E-state index in [4.69, 9.17) is 4.74 Å². The molecule has 0 aromatic heterocycles. The predicted molar refractivity (Wildman–Crippen MR) is 119 cm³/mol. The molecule has 1 aromatic rings. The van der Waals surface area contributed by atoms with Crippen molar-refractivity contribution >= 4 is 23.2 Å². The van der Waals surface area contributed by atoms with Gasteiger partial charge in [-0.3, -0.25) is 9.59 Å². The number of carbonyl (C=O) groups is 2. The van der Waals surface area contributed by atoms with E-state index < -0.39 is 6.04 Å². The van der Waals surface area contributed by atoms with E-state index in [1.807, 2.05) is 25.7 Å². The Balaban J connectivity index is 1.58. The molecule has 0 spiro atoms. The van der Waals surface area contributed by atoms with Gasteiger partial charge in [0.05, 0.1) is 5.69 Å². The van der Waals surface area contributed by atoms with Crippen LogP contribution in [0.1, 0.15) is 40.5 Å². The van der Waals surface area contributed by atoms with E-state index in [9.17, 15) is 14.0 Å². The summed E-state index contributed by atoms with van der Waals surface area (Å²) >= 11 is 0. The zero-order valence-corrected chi connectivity index (χ0v) is 18.9. The molecule has 2 heterocycles. The molecule has 1 atom stereocenters. The van der Waals surface area contributed by atoms with E-state index in [0.29, 0.717) is 56.4 Å². The van der Waals surface area contributed by atoms with Gasteiger partial charge in [0.2, 0.25) is 11.8 Å². The largest absolute Gasteiger partial charge is 0.474 e. The molecule has 7 nitrogen and oxygen atoms in total. The molecule has 31 heavy (non-hydrogen) atoms. The van der Waals surface area contributed by atoms with Crippen molar-refractivity contribution in [3.63, 3.8) is 0 Å². The third-order valence-electron chi connectivity index (χ3n) is 5.57. The Bertz CT molecular complexity index is 844. The van der Waals surface area contributed by atoms with E-state index in [1.54, 1.807) is 17.0 Å².